The smallest absolute Gasteiger partial charge is 0.120 e. The van der Waals surface area contributed by atoms with Crippen LogP contribution in [0.3, 0.4) is 0 Å². The van der Waals surface area contributed by atoms with Crippen molar-refractivity contribution in [2.75, 3.05) is 6.54 Å². The summed E-state index contributed by atoms with van der Waals surface area (Å²) in [6.45, 7) is 7.84. The molecule has 0 saturated heterocycles. The fourth-order valence-electron chi connectivity index (χ4n) is 1.89. The van der Waals surface area contributed by atoms with Crippen molar-refractivity contribution >= 4 is 0 Å². The van der Waals surface area contributed by atoms with Crippen LogP contribution in [0, 0.1) is 5.92 Å². The van der Waals surface area contributed by atoms with Gasteiger partial charge in [0, 0.05) is 0 Å². The molecule has 0 saturated carbocycles. The molecule has 0 amide bonds. The maximum Gasteiger partial charge on any atom is 0.120 e. The Labute approximate surface area is 99.4 Å². The van der Waals surface area contributed by atoms with Crippen molar-refractivity contribution in [1.29, 1.82) is 0 Å². The molecule has 0 aliphatic rings. The minimum atomic E-state index is 0.383. The molecule has 16 heavy (non-hydrogen) atoms. The summed E-state index contributed by atoms with van der Waals surface area (Å²) in [7, 11) is 0. The van der Waals surface area contributed by atoms with E-state index in [1.54, 1.807) is 6.26 Å². The second-order valence-corrected chi connectivity index (χ2v) is 4.82. The Morgan fingerprint density at radius 3 is 2.69 bits per heavy atom. The van der Waals surface area contributed by atoms with Gasteiger partial charge in [0.1, 0.15) is 5.76 Å². The average molecular weight is 223 g/mol. The molecule has 2 heteroatoms. The van der Waals surface area contributed by atoms with E-state index in [0.717, 1.165) is 24.6 Å². The lowest BCUT2D eigenvalue weighted by atomic mass is 10.1. The summed E-state index contributed by atoms with van der Waals surface area (Å²) in [5.74, 6) is 1.89. The molecule has 0 aliphatic heterocycles. The SMILES string of the molecule is CCC(NCCCCC(C)C)c1ccco1. The molecule has 1 aromatic rings. The van der Waals surface area contributed by atoms with E-state index in [1.165, 1.54) is 19.3 Å². The van der Waals surface area contributed by atoms with Crippen molar-refractivity contribution < 1.29 is 4.42 Å². The van der Waals surface area contributed by atoms with Gasteiger partial charge in [-0.15, -0.1) is 0 Å². The van der Waals surface area contributed by atoms with E-state index in [1.807, 2.05) is 6.07 Å². The molecule has 2 nitrogen and oxygen atoms in total. The van der Waals surface area contributed by atoms with Crippen molar-refractivity contribution in [2.24, 2.45) is 5.92 Å². The molecule has 1 atom stereocenters. The number of nitrogens with one attached hydrogen (secondary N) is 1. The Morgan fingerprint density at radius 1 is 1.31 bits per heavy atom. The molecule has 0 radical (unpaired) electrons. The predicted octanol–water partition coefficient (Wildman–Crippen LogP) is 4.15. The third-order valence-corrected chi connectivity index (χ3v) is 2.89. The number of hydrogen-bond donors (Lipinski definition) is 1. The van der Waals surface area contributed by atoms with Crippen LogP contribution in [0.4, 0.5) is 0 Å². The van der Waals surface area contributed by atoms with Crippen LogP contribution >= 0.6 is 0 Å². The molecule has 0 spiro atoms. The second kappa shape index (κ2) is 7.50. The standard InChI is InChI=1S/C14H25NO/c1-4-13(14-9-7-11-16-14)15-10-6-5-8-12(2)3/h7,9,11-13,15H,4-6,8,10H2,1-3H3. The average Bonchev–Trinajstić information content (AvgIpc) is 2.76. The zero-order valence-corrected chi connectivity index (χ0v) is 10.8. The highest BCUT2D eigenvalue weighted by atomic mass is 16.3. The minimum absolute atomic E-state index is 0.383. The van der Waals surface area contributed by atoms with E-state index in [4.69, 9.17) is 4.42 Å². The van der Waals surface area contributed by atoms with Gasteiger partial charge in [-0.05, 0) is 37.4 Å². The number of furan rings is 1. The second-order valence-electron chi connectivity index (χ2n) is 4.82. The summed E-state index contributed by atoms with van der Waals surface area (Å²) < 4.78 is 5.42. The fraction of sp³-hybridized carbons (Fsp3) is 0.714. The van der Waals surface area contributed by atoms with E-state index in [9.17, 15) is 0 Å². The third kappa shape index (κ3) is 4.84. The van der Waals surface area contributed by atoms with Crippen molar-refractivity contribution in [1.82, 2.24) is 5.32 Å². The number of unbranched alkanes of at least 4 members (excludes halogenated alkanes) is 1. The quantitative estimate of drug-likeness (QED) is 0.670. The Morgan fingerprint density at radius 2 is 2.12 bits per heavy atom. The van der Waals surface area contributed by atoms with Gasteiger partial charge in [-0.3, -0.25) is 0 Å². The highest BCUT2D eigenvalue weighted by Gasteiger charge is 2.10. The van der Waals surface area contributed by atoms with Crippen molar-refractivity contribution in [3.63, 3.8) is 0 Å². The van der Waals surface area contributed by atoms with Gasteiger partial charge in [-0.1, -0.05) is 33.6 Å². The first kappa shape index (κ1) is 13.3. The van der Waals surface area contributed by atoms with Gasteiger partial charge in [-0.25, -0.2) is 0 Å². The van der Waals surface area contributed by atoms with Crippen LogP contribution in [-0.4, -0.2) is 6.54 Å². The lowest BCUT2D eigenvalue weighted by Gasteiger charge is -2.14. The topological polar surface area (TPSA) is 25.2 Å². The molecule has 0 bridgehead atoms. The van der Waals surface area contributed by atoms with Gasteiger partial charge in [0.15, 0.2) is 0 Å². The van der Waals surface area contributed by atoms with Crippen molar-refractivity contribution in [2.45, 2.75) is 52.5 Å². The molecule has 1 heterocycles. The maximum absolute atomic E-state index is 5.42. The first-order valence-corrected chi connectivity index (χ1v) is 6.50. The molecule has 0 aliphatic carbocycles. The molecule has 92 valence electrons. The van der Waals surface area contributed by atoms with Gasteiger partial charge in [-0.2, -0.15) is 0 Å². The largest absolute Gasteiger partial charge is 0.468 e. The highest BCUT2D eigenvalue weighted by molar-refractivity contribution is 5.03. The Bertz CT molecular complexity index is 254. The highest BCUT2D eigenvalue weighted by Crippen LogP contribution is 2.16. The summed E-state index contributed by atoms with van der Waals surface area (Å²) in [4.78, 5) is 0. The lowest BCUT2D eigenvalue weighted by Crippen LogP contribution is -2.21. The molecule has 0 aromatic carbocycles. The molecular weight excluding hydrogens is 198 g/mol. The molecular formula is C14H25NO. The zero-order chi connectivity index (χ0) is 11.8. The van der Waals surface area contributed by atoms with Crippen LogP contribution in [0.5, 0.6) is 0 Å². The third-order valence-electron chi connectivity index (χ3n) is 2.89. The normalized spacial score (nSPS) is 13.2. The summed E-state index contributed by atoms with van der Waals surface area (Å²) >= 11 is 0. The van der Waals surface area contributed by atoms with Gasteiger partial charge >= 0.3 is 0 Å². The molecule has 1 rings (SSSR count). The Kier molecular flexibility index (Phi) is 6.24. The first-order chi connectivity index (χ1) is 7.74. The number of hydrogen-bond acceptors (Lipinski definition) is 2. The predicted molar refractivity (Wildman–Crippen MR) is 68.4 cm³/mol. The lowest BCUT2D eigenvalue weighted by molar-refractivity contribution is 0.397. The monoisotopic (exact) mass is 223 g/mol. The molecule has 0 fully saturated rings. The Hall–Kier alpha value is -0.760. The summed E-state index contributed by atoms with van der Waals surface area (Å²) in [6.07, 6.45) is 6.74. The fourth-order valence-corrected chi connectivity index (χ4v) is 1.89. The van der Waals surface area contributed by atoms with Crippen LogP contribution in [0.1, 0.15) is 58.3 Å². The van der Waals surface area contributed by atoms with E-state index in [2.05, 4.69) is 32.2 Å². The first-order valence-electron chi connectivity index (χ1n) is 6.50. The minimum Gasteiger partial charge on any atom is -0.468 e. The summed E-state index contributed by atoms with van der Waals surface area (Å²) in [5.41, 5.74) is 0. The van der Waals surface area contributed by atoms with E-state index in [-0.39, 0.29) is 0 Å². The maximum atomic E-state index is 5.42. The van der Waals surface area contributed by atoms with E-state index >= 15 is 0 Å². The van der Waals surface area contributed by atoms with Crippen molar-refractivity contribution in [3.05, 3.63) is 24.2 Å². The van der Waals surface area contributed by atoms with Crippen molar-refractivity contribution in [3.8, 4) is 0 Å². The van der Waals surface area contributed by atoms with Crippen LogP contribution in [-0.2, 0) is 0 Å². The summed E-state index contributed by atoms with van der Waals surface area (Å²) in [5, 5.41) is 3.55. The van der Waals surface area contributed by atoms with Gasteiger partial charge < -0.3 is 9.73 Å². The van der Waals surface area contributed by atoms with Crippen LogP contribution in [0.15, 0.2) is 22.8 Å². The summed E-state index contributed by atoms with van der Waals surface area (Å²) in [6, 6.07) is 4.39. The van der Waals surface area contributed by atoms with Crippen LogP contribution in [0.2, 0.25) is 0 Å². The molecule has 1 N–H and O–H groups in total. The Balaban J connectivity index is 2.15. The van der Waals surface area contributed by atoms with Crippen LogP contribution in [0.25, 0.3) is 0 Å². The molecule has 1 unspecified atom stereocenters. The molecule has 1 aromatic heterocycles. The zero-order valence-electron chi connectivity index (χ0n) is 10.8. The van der Waals surface area contributed by atoms with E-state index < -0.39 is 0 Å². The van der Waals surface area contributed by atoms with Gasteiger partial charge in [0.2, 0.25) is 0 Å². The van der Waals surface area contributed by atoms with Crippen LogP contribution < -0.4 is 5.32 Å². The number of rotatable bonds is 8. The van der Waals surface area contributed by atoms with Gasteiger partial charge in [0.25, 0.3) is 0 Å². The van der Waals surface area contributed by atoms with Gasteiger partial charge in [0.05, 0.1) is 12.3 Å². The van der Waals surface area contributed by atoms with E-state index in [0.29, 0.717) is 6.04 Å².